The number of rotatable bonds is 6. The van der Waals surface area contributed by atoms with Crippen LogP contribution < -0.4 is 16.0 Å². The molecular formula is C17H25N3S. The van der Waals surface area contributed by atoms with Crippen molar-refractivity contribution in [1.29, 1.82) is 0 Å². The molecule has 0 atom stereocenters. The minimum Gasteiger partial charge on any atom is -0.365 e. The first-order valence-electron chi connectivity index (χ1n) is 6.99. The Morgan fingerprint density at radius 2 is 1.81 bits per heavy atom. The molecule has 114 valence electrons. The monoisotopic (exact) mass is 303 g/mol. The molecule has 1 rings (SSSR count). The standard InChI is InChI=1S/C17H25N3S/c1-6-18-13(2)11-19-16(21)20-12-14-7-9-15(10-8-14)17(3,4)5/h6-10,18H,1-2,11-12H2,3-5H3,(H2,19,20,21). The van der Waals surface area contributed by atoms with Gasteiger partial charge in [0.1, 0.15) is 0 Å². The van der Waals surface area contributed by atoms with Gasteiger partial charge in [-0.2, -0.15) is 0 Å². The summed E-state index contributed by atoms with van der Waals surface area (Å²) in [5.74, 6) is 0. The smallest absolute Gasteiger partial charge is 0.166 e. The lowest BCUT2D eigenvalue weighted by Crippen LogP contribution is -2.37. The third kappa shape index (κ3) is 6.45. The lowest BCUT2D eigenvalue weighted by Gasteiger charge is -2.19. The molecule has 0 saturated carbocycles. The molecule has 0 aliphatic rings. The van der Waals surface area contributed by atoms with Crippen molar-refractivity contribution >= 4 is 17.3 Å². The largest absolute Gasteiger partial charge is 0.365 e. The minimum atomic E-state index is 0.182. The van der Waals surface area contributed by atoms with E-state index in [0.29, 0.717) is 18.2 Å². The van der Waals surface area contributed by atoms with E-state index in [4.69, 9.17) is 12.2 Å². The van der Waals surface area contributed by atoms with Crippen LogP contribution in [0.4, 0.5) is 0 Å². The Balaban J connectivity index is 2.39. The predicted molar refractivity (Wildman–Crippen MR) is 95.1 cm³/mol. The second-order valence-corrected chi connectivity index (χ2v) is 6.34. The van der Waals surface area contributed by atoms with Crippen LogP contribution in [0.25, 0.3) is 0 Å². The normalized spacial score (nSPS) is 10.6. The van der Waals surface area contributed by atoms with Gasteiger partial charge in [0, 0.05) is 12.2 Å². The first-order chi connectivity index (χ1) is 9.82. The highest BCUT2D eigenvalue weighted by Gasteiger charge is 2.12. The van der Waals surface area contributed by atoms with Gasteiger partial charge < -0.3 is 16.0 Å². The van der Waals surface area contributed by atoms with Crippen LogP contribution in [-0.4, -0.2) is 11.7 Å². The molecule has 3 nitrogen and oxygen atoms in total. The molecule has 1 aromatic rings. The van der Waals surface area contributed by atoms with Crippen LogP contribution in [0.5, 0.6) is 0 Å². The summed E-state index contributed by atoms with van der Waals surface area (Å²) in [7, 11) is 0. The molecule has 0 spiro atoms. The lowest BCUT2D eigenvalue weighted by atomic mass is 9.87. The summed E-state index contributed by atoms with van der Waals surface area (Å²) in [5.41, 5.74) is 3.54. The lowest BCUT2D eigenvalue weighted by molar-refractivity contribution is 0.590. The molecule has 0 amide bonds. The Kier molecular flexibility index (Phi) is 6.43. The molecule has 0 fully saturated rings. The maximum Gasteiger partial charge on any atom is 0.166 e. The molecule has 4 heteroatoms. The van der Waals surface area contributed by atoms with Gasteiger partial charge in [-0.1, -0.05) is 58.2 Å². The van der Waals surface area contributed by atoms with Crippen molar-refractivity contribution in [2.75, 3.05) is 6.54 Å². The third-order valence-electron chi connectivity index (χ3n) is 3.04. The number of thiocarbonyl (C=S) groups is 1. The average Bonchev–Trinajstić information content (AvgIpc) is 2.43. The molecule has 21 heavy (non-hydrogen) atoms. The fourth-order valence-corrected chi connectivity index (χ4v) is 1.89. The zero-order valence-electron chi connectivity index (χ0n) is 13.1. The zero-order chi connectivity index (χ0) is 15.9. The van der Waals surface area contributed by atoms with Gasteiger partial charge in [-0.05, 0) is 35.0 Å². The molecule has 0 aliphatic heterocycles. The van der Waals surface area contributed by atoms with Crippen LogP contribution in [0, 0.1) is 0 Å². The van der Waals surface area contributed by atoms with Crippen LogP contribution in [0.3, 0.4) is 0 Å². The summed E-state index contributed by atoms with van der Waals surface area (Å²) in [6, 6.07) is 8.61. The topological polar surface area (TPSA) is 36.1 Å². The van der Waals surface area contributed by atoms with E-state index in [0.717, 1.165) is 5.70 Å². The highest BCUT2D eigenvalue weighted by molar-refractivity contribution is 7.80. The van der Waals surface area contributed by atoms with Crippen LogP contribution in [0.1, 0.15) is 31.9 Å². The second-order valence-electron chi connectivity index (χ2n) is 5.94. The van der Waals surface area contributed by atoms with E-state index in [9.17, 15) is 0 Å². The zero-order valence-corrected chi connectivity index (χ0v) is 13.9. The summed E-state index contributed by atoms with van der Waals surface area (Å²) in [6.07, 6.45) is 1.59. The molecule has 3 N–H and O–H groups in total. The van der Waals surface area contributed by atoms with E-state index in [-0.39, 0.29) is 5.41 Å². The van der Waals surface area contributed by atoms with Crippen LogP contribution in [0.15, 0.2) is 49.3 Å². The molecule has 0 aliphatic carbocycles. The maximum atomic E-state index is 5.22. The van der Waals surface area contributed by atoms with Gasteiger partial charge in [-0.25, -0.2) is 0 Å². The van der Waals surface area contributed by atoms with Crippen molar-refractivity contribution in [3.63, 3.8) is 0 Å². The summed E-state index contributed by atoms with van der Waals surface area (Å²) < 4.78 is 0. The van der Waals surface area contributed by atoms with Gasteiger partial charge in [0.05, 0.1) is 6.54 Å². The van der Waals surface area contributed by atoms with Crippen molar-refractivity contribution in [2.45, 2.75) is 32.7 Å². The van der Waals surface area contributed by atoms with Gasteiger partial charge in [0.2, 0.25) is 0 Å². The minimum absolute atomic E-state index is 0.182. The molecular weight excluding hydrogens is 278 g/mol. The first-order valence-corrected chi connectivity index (χ1v) is 7.40. The van der Waals surface area contributed by atoms with E-state index in [1.165, 1.54) is 11.1 Å². The van der Waals surface area contributed by atoms with E-state index in [1.807, 2.05) is 0 Å². The van der Waals surface area contributed by atoms with Gasteiger partial charge in [0.25, 0.3) is 0 Å². The Hall–Kier alpha value is -1.81. The maximum absolute atomic E-state index is 5.22. The highest BCUT2D eigenvalue weighted by atomic mass is 32.1. The third-order valence-corrected chi connectivity index (χ3v) is 3.33. The van der Waals surface area contributed by atoms with E-state index >= 15 is 0 Å². The molecule has 0 bridgehead atoms. The summed E-state index contributed by atoms with van der Waals surface area (Å²) in [6.45, 7) is 15.3. The number of benzene rings is 1. The fraction of sp³-hybridized carbons (Fsp3) is 0.353. The van der Waals surface area contributed by atoms with Crippen molar-refractivity contribution in [3.05, 3.63) is 60.4 Å². The van der Waals surface area contributed by atoms with Crippen molar-refractivity contribution in [1.82, 2.24) is 16.0 Å². The Morgan fingerprint density at radius 1 is 1.19 bits per heavy atom. The van der Waals surface area contributed by atoms with Crippen molar-refractivity contribution in [3.8, 4) is 0 Å². The van der Waals surface area contributed by atoms with Crippen LogP contribution >= 0.6 is 12.2 Å². The predicted octanol–water partition coefficient (Wildman–Crippen LogP) is 3.20. The van der Waals surface area contributed by atoms with Gasteiger partial charge in [0.15, 0.2) is 5.11 Å². The van der Waals surface area contributed by atoms with Crippen molar-refractivity contribution < 1.29 is 0 Å². The Morgan fingerprint density at radius 3 is 2.33 bits per heavy atom. The molecule has 0 aromatic heterocycles. The highest BCUT2D eigenvalue weighted by Crippen LogP contribution is 2.22. The quantitative estimate of drug-likeness (QED) is 0.705. The fourth-order valence-electron chi connectivity index (χ4n) is 1.75. The van der Waals surface area contributed by atoms with Crippen molar-refractivity contribution in [2.24, 2.45) is 0 Å². The van der Waals surface area contributed by atoms with Gasteiger partial charge in [-0.15, -0.1) is 0 Å². The average molecular weight is 303 g/mol. The Labute approximate surface area is 133 Å². The number of hydrogen-bond acceptors (Lipinski definition) is 2. The first kappa shape index (κ1) is 17.2. The molecule has 0 heterocycles. The summed E-state index contributed by atoms with van der Waals surface area (Å²) in [4.78, 5) is 0. The molecule has 0 unspecified atom stereocenters. The number of nitrogens with one attached hydrogen (secondary N) is 3. The SMILES string of the molecule is C=CNC(=C)CNC(=S)NCc1ccc(C(C)(C)C)cc1. The molecule has 1 aromatic carbocycles. The van der Waals surface area contributed by atoms with Gasteiger partial charge in [-0.3, -0.25) is 0 Å². The van der Waals surface area contributed by atoms with E-state index in [1.54, 1.807) is 6.20 Å². The summed E-state index contributed by atoms with van der Waals surface area (Å²) >= 11 is 5.22. The summed E-state index contributed by atoms with van der Waals surface area (Å²) in [5, 5.41) is 9.79. The Bertz CT molecular complexity index is 498. The molecule has 0 saturated heterocycles. The second kappa shape index (κ2) is 7.84. The number of hydrogen-bond donors (Lipinski definition) is 3. The van der Waals surface area contributed by atoms with E-state index < -0.39 is 0 Å². The van der Waals surface area contributed by atoms with Crippen LogP contribution in [-0.2, 0) is 12.0 Å². The van der Waals surface area contributed by atoms with Gasteiger partial charge >= 0.3 is 0 Å². The molecule has 0 radical (unpaired) electrons. The van der Waals surface area contributed by atoms with Crippen LogP contribution in [0.2, 0.25) is 0 Å². The van der Waals surface area contributed by atoms with E-state index in [2.05, 4.69) is 74.1 Å².